The lowest BCUT2D eigenvalue weighted by Crippen LogP contribution is -2.42. The molecule has 0 radical (unpaired) electrons. The molecule has 2 aliphatic heterocycles. The van der Waals surface area contributed by atoms with E-state index in [1.54, 1.807) is 7.11 Å². The minimum Gasteiger partial charge on any atom is -0.497 e. The van der Waals surface area contributed by atoms with Gasteiger partial charge in [-0.25, -0.2) is 0 Å². The van der Waals surface area contributed by atoms with Crippen LogP contribution in [0.5, 0.6) is 5.75 Å². The number of thiophene rings is 1. The molecule has 2 fully saturated rings. The first-order chi connectivity index (χ1) is 11.2. The maximum Gasteiger partial charge on any atom is 0.261 e. The highest BCUT2D eigenvalue weighted by Crippen LogP contribution is 2.31. The van der Waals surface area contributed by atoms with Gasteiger partial charge in [-0.3, -0.25) is 4.79 Å². The van der Waals surface area contributed by atoms with Crippen LogP contribution in [0, 0.1) is 0 Å². The fraction of sp³-hybridized carbons (Fsp3) is 0.389. The van der Waals surface area contributed by atoms with Crippen molar-refractivity contribution in [1.29, 1.82) is 0 Å². The van der Waals surface area contributed by atoms with Crippen LogP contribution in [-0.4, -0.2) is 31.1 Å². The second-order valence-corrected chi connectivity index (χ2v) is 7.34. The SMILES string of the molecule is COc1ccc(-c2ccc(C(=O)NC3CC4CCC3N4)s2)cc1. The van der Waals surface area contributed by atoms with E-state index in [-0.39, 0.29) is 11.9 Å². The highest BCUT2D eigenvalue weighted by Gasteiger charge is 2.39. The molecule has 0 saturated carbocycles. The van der Waals surface area contributed by atoms with E-state index < -0.39 is 0 Å². The first-order valence-electron chi connectivity index (χ1n) is 8.04. The first-order valence-corrected chi connectivity index (χ1v) is 8.86. The van der Waals surface area contributed by atoms with Gasteiger partial charge in [-0.05, 0) is 61.2 Å². The molecular weight excluding hydrogens is 308 g/mol. The van der Waals surface area contributed by atoms with Gasteiger partial charge in [-0.1, -0.05) is 0 Å². The zero-order valence-electron chi connectivity index (χ0n) is 13.0. The van der Waals surface area contributed by atoms with Crippen LogP contribution in [0.15, 0.2) is 36.4 Å². The van der Waals surface area contributed by atoms with Crippen molar-refractivity contribution >= 4 is 17.2 Å². The van der Waals surface area contributed by atoms with Gasteiger partial charge in [0.15, 0.2) is 0 Å². The van der Waals surface area contributed by atoms with Gasteiger partial charge in [-0.15, -0.1) is 11.3 Å². The van der Waals surface area contributed by atoms with Crippen molar-refractivity contribution in [1.82, 2.24) is 10.6 Å². The van der Waals surface area contributed by atoms with E-state index in [0.29, 0.717) is 12.1 Å². The van der Waals surface area contributed by atoms with Crippen LogP contribution in [0.1, 0.15) is 28.9 Å². The molecule has 3 heterocycles. The van der Waals surface area contributed by atoms with Crippen LogP contribution in [0.25, 0.3) is 10.4 Å². The standard InChI is InChI=1S/C18H20N2O2S/c1-22-13-5-2-11(3-6-13)16-8-9-17(23-16)18(21)20-15-10-12-4-7-14(15)19-12/h2-3,5-6,8-9,12,14-15,19H,4,7,10H2,1H3,(H,20,21). The van der Waals surface area contributed by atoms with Crippen LogP contribution in [-0.2, 0) is 0 Å². The van der Waals surface area contributed by atoms with Crippen molar-refractivity contribution in [2.45, 2.75) is 37.4 Å². The molecule has 3 unspecified atom stereocenters. The Morgan fingerprint density at radius 2 is 2.04 bits per heavy atom. The Kier molecular flexibility index (Phi) is 3.83. The fourth-order valence-electron chi connectivity index (χ4n) is 3.59. The summed E-state index contributed by atoms with van der Waals surface area (Å²) in [6.07, 6.45) is 3.49. The van der Waals surface area contributed by atoms with Crippen LogP contribution >= 0.6 is 11.3 Å². The van der Waals surface area contributed by atoms with Gasteiger partial charge >= 0.3 is 0 Å². The Hall–Kier alpha value is -1.85. The second kappa shape index (κ2) is 5.98. The zero-order chi connectivity index (χ0) is 15.8. The summed E-state index contributed by atoms with van der Waals surface area (Å²) in [5.41, 5.74) is 1.11. The molecule has 3 atom stereocenters. The van der Waals surface area contributed by atoms with Crippen molar-refractivity contribution in [2.24, 2.45) is 0 Å². The predicted molar refractivity (Wildman–Crippen MR) is 92.1 cm³/mol. The van der Waals surface area contributed by atoms with Crippen LogP contribution in [0.4, 0.5) is 0 Å². The smallest absolute Gasteiger partial charge is 0.261 e. The van der Waals surface area contributed by atoms with Crippen LogP contribution in [0.2, 0.25) is 0 Å². The molecule has 0 spiro atoms. The quantitative estimate of drug-likeness (QED) is 0.907. The van der Waals surface area contributed by atoms with Gasteiger partial charge in [0.25, 0.3) is 5.91 Å². The number of carbonyl (C=O) groups is 1. The number of hydrogen-bond donors (Lipinski definition) is 2. The van der Waals surface area contributed by atoms with Gasteiger partial charge < -0.3 is 15.4 Å². The summed E-state index contributed by atoms with van der Waals surface area (Å²) in [6, 6.07) is 13.2. The second-order valence-electron chi connectivity index (χ2n) is 6.26. The summed E-state index contributed by atoms with van der Waals surface area (Å²) in [7, 11) is 1.66. The van der Waals surface area contributed by atoms with Crippen molar-refractivity contribution in [3.05, 3.63) is 41.3 Å². The number of carbonyl (C=O) groups excluding carboxylic acids is 1. The molecule has 2 bridgehead atoms. The molecule has 1 aromatic carbocycles. The third-order valence-electron chi connectivity index (χ3n) is 4.82. The molecule has 1 aromatic heterocycles. The lowest BCUT2D eigenvalue weighted by atomic mass is 9.95. The summed E-state index contributed by atoms with van der Waals surface area (Å²) in [5, 5.41) is 6.75. The monoisotopic (exact) mass is 328 g/mol. The average Bonchev–Trinajstić information content (AvgIpc) is 3.31. The third-order valence-corrected chi connectivity index (χ3v) is 5.95. The van der Waals surface area contributed by atoms with Gasteiger partial charge in [0.05, 0.1) is 12.0 Å². The zero-order valence-corrected chi connectivity index (χ0v) is 13.9. The molecule has 4 rings (SSSR count). The molecule has 4 nitrogen and oxygen atoms in total. The number of amides is 1. The van der Waals surface area contributed by atoms with Crippen LogP contribution < -0.4 is 15.4 Å². The summed E-state index contributed by atoms with van der Waals surface area (Å²) in [6.45, 7) is 0. The van der Waals surface area contributed by atoms with E-state index in [0.717, 1.165) is 27.5 Å². The Bertz CT molecular complexity index is 710. The van der Waals surface area contributed by atoms with Crippen molar-refractivity contribution in [3.63, 3.8) is 0 Å². The number of ether oxygens (including phenoxy) is 1. The van der Waals surface area contributed by atoms with Crippen LogP contribution in [0.3, 0.4) is 0 Å². The number of hydrogen-bond acceptors (Lipinski definition) is 4. The number of benzene rings is 1. The van der Waals surface area contributed by atoms with E-state index in [1.165, 1.54) is 24.2 Å². The number of nitrogens with one attached hydrogen (secondary N) is 2. The normalized spacial score (nSPS) is 25.5. The number of methoxy groups -OCH3 is 1. The molecule has 2 N–H and O–H groups in total. The van der Waals surface area contributed by atoms with E-state index in [2.05, 4.69) is 10.6 Å². The lowest BCUT2D eigenvalue weighted by Gasteiger charge is -2.20. The Balaban J connectivity index is 1.45. The molecule has 23 heavy (non-hydrogen) atoms. The first kappa shape index (κ1) is 14.7. The Morgan fingerprint density at radius 3 is 2.70 bits per heavy atom. The largest absolute Gasteiger partial charge is 0.497 e. The van der Waals surface area contributed by atoms with Gasteiger partial charge in [0, 0.05) is 23.0 Å². The van der Waals surface area contributed by atoms with Gasteiger partial charge in [-0.2, -0.15) is 0 Å². The molecule has 120 valence electrons. The fourth-order valence-corrected chi connectivity index (χ4v) is 4.51. The van der Waals surface area contributed by atoms with Gasteiger partial charge in [0.2, 0.25) is 0 Å². The highest BCUT2D eigenvalue weighted by atomic mass is 32.1. The Morgan fingerprint density at radius 1 is 1.22 bits per heavy atom. The summed E-state index contributed by atoms with van der Waals surface area (Å²) < 4.78 is 5.18. The van der Waals surface area contributed by atoms with E-state index in [4.69, 9.17) is 4.74 Å². The third kappa shape index (κ3) is 2.86. The van der Waals surface area contributed by atoms with Crippen molar-refractivity contribution < 1.29 is 9.53 Å². The van der Waals surface area contributed by atoms with Crippen molar-refractivity contribution in [2.75, 3.05) is 7.11 Å². The predicted octanol–water partition coefficient (Wildman–Crippen LogP) is 3.05. The van der Waals surface area contributed by atoms with Gasteiger partial charge in [0.1, 0.15) is 5.75 Å². The molecule has 1 amide bonds. The summed E-state index contributed by atoms with van der Waals surface area (Å²) >= 11 is 1.54. The molecule has 2 aromatic rings. The minimum absolute atomic E-state index is 0.0501. The maximum atomic E-state index is 12.5. The lowest BCUT2D eigenvalue weighted by molar-refractivity contribution is 0.0935. The molecule has 5 heteroatoms. The number of fused-ring (bicyclic) bond motifs is 2. The highest BCUT2D eigenvalue weighted by molar-refractivity contribution is 7.17. The average molecular weight is 328 g/mol. The molecule has 2 saturated heterocycles. The van der Waals surface area contributed by atoms with E-state index in [1.807, 2.05) is 36.4 Å². The summed E-state index contributed by atoms with van der Waals surface area (Å²) in [5.74, 6) is 0.890. The van der Waals surface area contributed by atoms with E-state index >= 15 is 0 Å². The molecule has 0 aliphatic carbocycles. The topological polar surface area (TPSA) is 50.4 Å². The van der Waals surface area contributed by atoms with Crippen molar-refractivity contribution in [3.8, 4) is 16.2 Å². The molecular formula is C18H20N2O2S. The van der Waals surface area contributed by atoms with E-state index in [9.17, 15) is 4.79 Å². The Labute approximate surface area is 139 Å². The molecule has 2 aliphatic rings. The summed E-state index contributed by atoms with van der Waals surface area (Å²) in [4.78, 5) is 14.4. The maximum absolute atomic E-state index is 12.5. The number of rotatable bonds is 4. The minimum atomic E-state index is 0.0501.